The molecule has 0 aromatic heterocycles. The quantitative estimate of drug-likeness (QED) is 0.930. The first-order chi connectivity index (χ1) is 8.10. The fraction of sp³-hybridized carbons (Fsp3) is 0.538. The van der Waals surface area contributed by atoms with Gasteiger partial charge in [-0.25, -0.2) is 0 Å². The smallest absolute Gasteiger partial charge is 0.119 e. The second-order valence-corrected chi connectivity index (χ2v) is 5.65. The number of nitrogens with zero attached hydrogens (tertiary/aromatic N) is 1. The molecule has 1 heterocycles. The average Bonchev–Trinajstić information content (AvgIpc) is 2.61. The zero-order valence-corrected chi connectivity index (χ0v) is 11.9. The molecule has 0 aliphatic carbocycles. The summed E-state index contributed by atoms with van der Waals surface area (Å²) in [6.07, 6.45) is 0. The van der Waals surface area contributed by atoms with Crippen LogP contribution in [0.3, 0.4) is 0 Å². The lowest BCUT2D eigenvalue weighted by molar-refractivity contribution is 0.317. The molecule has 1 aromatic carbocycles. The topological polar surface area (TPSA) is 38.5 Å². The maximum Gasteiger partial charge on any atom is 0.119 e. The van der Waals surface area contributed by atoms with Crippen molar-refractivity contribution in [3.05, 3.63) is 28.2 Å². The summed E-state index contributed by atoms with van der Waals surface area (Å²) in [6.45, 7) is 5.19. The summed E-state index contributed by atoms with van der Waals surface area (Å²) in [4.78, 5) is 2.40. The fourth-order valence-electron chi connectivity index (χ4n) is 2.26. The molecule has 2 rings (SSSR count). The Bertz CT molecular complexity index is 387. The summed E-state index contributed by atoms with van der Waals surface area (Å²) >= 11 is 3.58. The number of rotatable bonds is 3. The molecule has 1 aliphatic heterocycles. The Morgan fingerprint density at radius 3 is 2.82 bits per heavy atom. The summed E-state index contributed by atoms with van der Waals surface area (Å²) in [5, 5.41) is 0. The molecule has 0 bridgehead atoms. The molecule has 17 heavy (non-hydrogen) atoms. The Morgan fingerprint density at radius 1 is 1.47 bits per heavy atom. The van der Waals surface area contributed by atoms with E-state index in [9.17, 15) is 0 Å². The molecule has 1 fully saturated rings. The van der Waals surface area contributed by atoms with Crippen molar-refractivity contribution in [3.8, 4) is 5.75 Å². The van der Waals surface area contributed by atoms with Crippen LogP contribution in [0.4, 0.5) is 0 Å². The minimum absolute atomic E-state index is 0.305. The first-order valence-electron chi connectivity index (χ1n) is 5.90. The van der Waals surface area contributed by atoms with Crippen molar-refractivity contribution in [3.63, 3.8) is 0 Å². The van der Waals surface area contributed by atoms with E-state index in [1.807, 2.05) is 12.1 Å². The third-order valence-electron chi connectivity index (χ3n) is 3.39. The van der Waals surface area contributed by atoms with E-state index in [-0.39, 0.29) is 0 Å². The number of hydrogen-bond donors (Lipinski definition) is 1. The lowest BCUT2D eigenvalue weighted by Gasteiger charge is -2.17. The van der Waals surface area contributed by atoms with Gasteiger partial charge in [-0.15, -0.1) is 0 Å². The van der Waals surface area contributed by atoms with Crippen LogP contribution in [0, 0.1) is 5.92 Å². The first-order valence-corrected chi connectivity index (χ1v) is 6.70. The van der Waals surface area contributed by atoms with Crippen LogP contribution in [-0.4, -0.2) is 31.1 Å². The lowest BCUT2D eigenvalue weighted by atomic mass is 10.1. The van der Waals surface area contributed by atoms with Crippen LogP contribution < -0.4 is 10.5 Å². The second kappa shape index (κ2) is 5.38. The van der Waals surface area contributed by atoms with Crippen molar-refractivity contribution in [1.82, 2.24) is 4.90 Å². The second-order valence-electron chi connectivity index (χ2n) is 4.79. The molecular weight excluding hydrogens is 280 g/mol. The van der Waals surface area contributed by atoms with Crippen LogP contribution in [0.2, 0.25) is 0 Å². The molecule has 1 aromatic rings. The number of benzene rings is 1. The van der Waals surface area contributed by atoms with Crippen molar-refractivity contribution in [1.29, 1.82) is 0 Å². The van der Waals surface area contributed by atoms with Gasteiger partial charge in [0.2, 0.25) is 0 Å². The first kappa shape index (κ1) is 12.9. The molecule has 0 radical (unpaired) electrons. The number of ether oxygens (including phenoxy) is 1. The van der Waals surface area contributed by atoms with E-state index < -0.39 is 0 Å². The minimum Gasteiger partial charge on any atom is -0.497 e. The number of nitrogens with two attached hydrogens (primary N) is 1. The summed E-state index contributed by atoms with van der Waals surface area (Å²) in [6, 6.07) is 6.39. The normalized spacial score (nSPS) is 25.2. The van der Waals surface area contributed by atoms with Gasteiger partial charge < -0.3 is 10.5 Å². The minimum atomic E-state index is 0.305. The van der Waals surface area contributed by atoms with Crippen molar-refractivity contribution < 1.29 is 4.74 Å². The van der Waals surface area contributed by atoms with Crippen molar-refractivity contribution in [2.24, 2.45) is 11.7 Å². The summed E-state index contributed by atoms with van der Waals surface area (Å²) in [5.74, 6) is 1.49. The predicted octanol–water partition coefficient (Wildman–Crippen LogP) is 2.24. The Balaban J connectivity index is 2.08. The van der Waals surface area contributed by atoms with Gasteiger partial charge in [0.15, 0.2) is 0 Å². The van der Waals surface area contributed by atoms with Crippen LogP contribution in [-0.2, 0) is 6.54 Å². The summed E-state index contributed by atoms with van der Waals surface area (Å²) in [5.41, 5.74) is 7.29. The Labute approximate surface area is 111 Å². The molecule has 94 valence electrons. The molecule has 0 amide bonds. The highest BCUT2D eigenvalue weighted by Gasteiger charge is 2.26. The van der Waals surface area contributed by atoms with E-state index in [1.54, 1.807) is 7.11 Å². The molecule has 1 saturated heterocycles. The van der Waals surface area contributed by atoms with Gasteiger partial charge in [-0.05, 0) is 29.7 Å². The van der Waals surface area contributed by atoms with E-state index in [2.05, 4.69) is 33.8 Å². The molecular formula is C13H19BrN2O. The molecule has 1 aliphatic rings. The molecule has 2 unspecified atom stereocenters. The van der Waals surface area contributed by atoms with E-state index >= 15 is 0 Å². The van der Waals surface area contributed by atoms with Gasteiger partial charge in [-0.1, -0.05) is 22.9 Å². The molecule has 2 N–H and O–H groups in total. The number of likely N-dealkylation sites (tertiary alicyclic amines) is 1. The Kier molecular flexibility index (Phi) is 4.07. The fourth-order valence-corrected chi connectivity index (χ4v) is 2.64. The molecule has 4 heteroatoms. The SMILES string of the molecule is COc1ccc(Br)c(CN2CC(C)C(N)C2)c1. The molecule has 2 atom stereocenters. The van der Waals surface area contributed by atoms with Gasteiger partial charge >= 0.3 is 0 Å². The van der Waals surface area contributed by atoms with Gasteiger partial charge in [-0.3, -0.25) is 4.90 Å². The van der Waals surface area contributed by atoms with Crippen LogP contribution in [0.25, 0.3) is 0 Å². The third kappa shape index (κ3) is 3.00. The number of methoxy groups -OCH3 is 1. The maximum absolute atomic E-state index is 6.04. The van der Waals surface area contributed by atoms with E-state index in [0.29, 0.717) is 12.0 Å². The highest BCUT2D eigenvalue weighted by atomic mass is 79.9. The Hall–Kier alpha value is -0.580. The third-order valence-corrected chi connectivity index (χ3v) is 4.17. The maximum atomic E-state index is 6.04. The standard InChI is InChI=1S/C13H19BrN2O/c1-9-6-16(8-13(9)15)7-10-5-11(17-2)3-4-12(10)14/h3-5,9,13H,6-8,15H2,1-2H3. The largest absolute Gasteiger partial charge is 0.497 e. The van der Waals surface area contributed by atoms with Gasteiger partial charge in [0.1, 0.15) is 5.75 Å². The molecule has 3 nitrogen and oxygen atoms in total. The van der Waals surface area contributed by atoms with Crippen LogP contribution in [0.15, 0.2) is 22.7 Å². The van der Waals surface area contributed by atoms with E-state index in [1.165, 1.54) is 5.56 Å². The Morgan fingerprint density at radius 2 is 2.24 bits per heavy atom. The average molecular weight is 299 g/mol. The zero-order chi connectivity index (χ0) is 12.4. The van der Waals surface area contributed by atoms with Crippen molar-refractivity contribution in [2.45, 2.75) is 19.5 Å². The van der Waals surface area contributed by atoms with Crippen LogP contribution in [0.1, 0.15) is 12.5 Å². The van der Waals surface area contributed by atoms with Gasteiger partial charge in [0, 0.05) is 30.1 Å². The van der Waals surface area contributed by atoms with Gasteiger partial charge in [0.25, 0.3) is 0 Å². The van der Waals surface area contributed by atoms with Gasteiger partial charge in [0.05, 0.1) is 7.11 Å². The van der Waals surface area contributed by atoms with Crippen molar-refractivity contribution >= 4 is 15.9 Å². The highest BCUT2D eigenvalue weighted by Crippen LogP contribution is 2.25. The highest BCUT2D eigenvalue weighted by molar-refractivity contribution is 9.10. The van der Waals surface area contributed by atoms with Crippen LogP contribution >= 0.6 is 15.9 Å². The zero-order valence-electron chi connectivity index (χ0n) is 10.3. The van der Waals surface area contributed by atoms with Crippen LogP contribution in [0.5, 0.6) is 5.75 Å². The van der Waals surface area contributed by atoms with E-state index in [0.717, 1.165) is 29.9 Å². The van der Waals surface area contributed by atoms with Crippen molar-refractivity contribution in [2.75, 3.05) is 20.2 Å². The predicted molar refractivity (Wildman–Crippen MR) is 73.1 cm³/mol. The monoisotopic (exact) mass is 298 g/mol. The number of hydrogen-bond acceptors (Lipinski definition) is 3. The van der Waals surface area contributed by atoms with Gasteiger partial charge in [-0.2, -0.15) is 0 Å². The summed E-state index contributed by atoms with van der Waals surface area (Å²) in [7, 11) is 1.70. The van der Waals surface area contributed by atoms with E-state index in [4.69, 9.17) is 10.5 Å². The number of halogens is 1. The molecule has 0 saturated carbocycles. The molecule has 0 spiro atoms. The lowest BCUT2D eigenvalue weighted by Crippen LogP contribution is -2.28. The summed E-state index contributed by atoms with van der Waals surface area (Å²) < 4.78 is 6.38.